The molecule has 2 N–H and O–H groups in total. The zero-order valence-electron chi connectivity index (χ0n) is 10.5. The molecule has 0 atom stereocenters. The van der Waals surface area contributed by atoms with E-state index in [0.29, 0.717) is 13.2 Å². The van der Waals surface area contributed by atoms with Crippen LogP contribution < -0.4 is 0 Å². The van der Waals surface area contributed by atoms with Crippen molar-refractivity contribution < 1.29 is 14.9 Å². The number of ether oxygens (including phenoxy) is 1. The quantitative estimate of drug-likeness (QED) is 0.613. The maximum atomic E-state index is 9.44. The largest absolute Gasteiger partial charge is 0.390 e. The lowest BCUT2D eigenvalue weighted by atomic mass is 10.0. The second-order valence-electron chi connectivity index (χ2n) is 5.44. The van der Waals surface area contributed by atoms with E-state index in [2.05, 4.69) is 0 Å². The smallest absolute Gasteiger partial charge is 0.0592 e. The van der Waals surface area contributed by atoms with Crippen LogP contribution in [0.3, 0.4) is 0 Å². The first kappa shape index (κ1) is 14.9. The third kappa shape index (κ3) is 13.9. The van der Waals surface area contributed by atoms with Crippen LogP contribution in [0.2, 0.25) is 0 Å². The number of hydrogen-bond acceptors (Lipinski definition) is 3. The van der Waals surface area contributed by atoms with Gasteiger partial charge in [0.05, 0.1) is 11.2 Å². The van der Waals surface area contributed by atoms with Gasteiger partial charge in [0.25, 0.3) is 0 Å². The molecule has 0 unspecified atom stereocenters. The van der Waals surface area contributed by atoms with Crippen LogP contribution in [0.25, 0.3) is 0 Å². The van der Waals surface area contributed by atoms with E-state index in [9.17, 15) is 10.2 Å². The van der Waals surface area contributed by atoms with E-state index in [1.54, 1.807) is 27.7 Å². The highest BCUT2D eigenvalue weighted by atomic mass is 16.5. The fourth-order valence-electron chi connectivity index (χ4n) is 1.32. The summed E-state index contributed by atoms with van der Waals surface area (Å²) in [7, 11) is 0. The zero-order chi connectivity index (χ0) is 11.9. The van der Waals surface area contributed by atoms with Crippen molar-refractivity contribution in [1.29, 1.82) is 0 Å². The molecule has 0 rings (SSSR count). The van der Waals surface area contributed by atoms with Gasteiger partial charge in [-0.3, -0.25) is 0 Å². The van der Waals surface area contributed by atoms with Crippen LogP contribution in [0.4, 0.5) is 0 Å². The molecule has 3 nitrogen and oxygen atoms in total. The van der Waals surface area contributed by atoms with Crippen LogP contribution in [0, 0.1) is 0 Å². The second kappa shape index (κ2) is 6.46. The molecule has 0 heterocycles. The van der Waals surface area contributed by atoms with Crippen molar-refractivity contribution in [2.45, 2.75) is 64.6 Å². The molecule has 0 spiro atoms. The van der Waals surface area contributed by atoms with Crippen LogP contribution in [0.1, 0.15) is 53.4 Å². The molecule has 0 bridgehead atoms. The molecule has 0 aromatic heterocycles. The Morgan fingerprint density at radius 2 is 1.13 bits per heavy atom. The van der Waals surface area contributed by atoms with E-state index >= 15 is 0 Å². The summed E-state index contributed by atoms with van der Waals surface area (Å²) in [5.41, 5.74) is -1.17. The molecule has 3 heteroatoms. The summed E-state index contributed by atoms with van der Waals surface area (Å²) in [6, 6.07) is 0. The van der Waals surface area contributed by atoms with Crippen LogP contribution >= 0.6 is 0 Å². The SMILES string of the molecule is CC(C)(O)CCCOCCCC(C)(C)O. The number of hydrogen-bond donors (Lipinski definition) is 2. The highest BCUT2D eigenvalue weighted by Gasteiger charge is 2.12. The van der Waals surface area contributed by atoms with Gasteiger partial charge >= 0.3 is 0 Å². The van der Waals surface area contributed by atoms with E-state index in [1.807, 2.05) is 0 Å². The fraction of sp³-hybridized carbons (Fsp3) is 1.00. The first-order chi connectivity index (χ1) is 6.71. The molecule has 15 heavy (non-hydrogen) atoms. The third-order valence-corrected chi connectivity index (χ3v) is 2.15. The van der Waals surface area contributed by atoms with Gasteiger partial charge in [-0.05, 0) is 53.4 Å². The van der Waals surface area contributed by atoms with Crippen molar-refractivity contribution in [3.8, 4) is 0 Å². The van der Waals surface area contributed by atoms with Crippen LogP contribution in [0.15, 0.2) is 0 Å². The summed E-state index contributed by atoms with van der Waals surface area (Å²) in [5.74, 6) is 0. The normalized spacial score (nSPS) is 13.2. The second-order valence-corrected chi connectivity index (χ2v) is 5.44. The minimum absolute atomic E-state index is 0.587. The molecular weight excluding hydrogens is 192 g/mol. The Labute approximate surface area is 93.5 Å². The minimum atomic E-state index is -0.587. The highest BCUT2D eigenvalue weighted by molar-refractivity contribution is 4.65. The standard InChI is InChI=1S/C12H26O3/c1-11(2,13)7-5-9-15-10-6-8-12(3,4)14/h13-14H,5-10H2,1-4H3. The molecule has 0 aliphatic rings. The highest BCUT2D eigenvalue weighted by Crippen LogP contribution is 2.11. The molecule has 0 fully saturated rings. The summed E-state index contributed by atoms with van der Waals surface area (Å²) in [6.07, 6.45) is 3.29. The number of rotatable bonds is 8. The van der Waals surface area contributed by atoms with E-state index in [0.717, 1.165) is 25.7 Å². The maximum absolute atomic E-state index is 9.44. The van der Waals surface area contributed by atoms with Gasteiger partial charge in [0.2, 0.25) is 0 Å². The Morgan fingerprint density at radius 1 is 0.800 bits per heavy atom. The zero-order valence-corrected chi connectivity index (χ0v) is 10.5. The molecule has 92 valence electrons. The van der Waals surface area contributed by atoms with E-state index in [4.69, 9.17) is 4.74 Å². The van der Waals surface area contributed by atoms with Crippen molar-refractivity contribution in [1.82, 2.24) is 0 Å². The number of aliphatic hydroxyl groups is 2. The van der Waals surface area contributed by atoms with Gasteiger partial charge in [0.1, 0.15) is 0 Å². The van der Waals surface area contributed by atoms with Gasteiger partial charge in [0.15, 0.2) is 0 Å². The van der Waals surface area contributed by atoms with Crippen molar-refractivity contribution in [3.63, 3.8) is 0 Å². The average molecular weight is 218 g/mol. The Bertz CT molecular complexity index is 135. The van der Waals surface area contributed by atoms with Gasteiger partial charge in [-0.25, -0.2) is 0 Å². The van der Waals surface area contributed by atoms with E-state index in [-0.39, 0.29) is 0 Å². The monoisotopic (exact) mass is 218 g/mol. The maximum Gasteiger partial charge on any atom is 0.0592 e. The Balaban J connectivity index is 3.20. The molecule has 0 aromatic rings. The van der Waals surface area contributed by atoms with Gasteiger partial charge in [-0.1, -0.05) is 0 Å². The predicted molar refractivity (Wildman–Crippen MR) is 61.9 cm³/mol. The Kier molecular flexibility index (Phi) is 6.41. The third-order valence-electron chi connectivity index (χ3n) is 2.15. The summed E-state index contributed by atoms with van der Waals surface area (Å²) in [6.45, 7) is 8.61. The summed E-state index contributed by atoms with van der Waals surface area (Å²) < 4.78 is 5.40. The molecule has 0 saturated carbocycles. The first-order valence-corrected chi connectivity index (χ1v) is 5.73. The van der Waals surface area contributed by atoms with Crippen LogP contribution in [-0.2, 0) is 4.74 Å². The van der Waals surface area contributed by atoms with Gasteiger partial charge in [0, 0.05) is 13.2 Å². The van der Waals surface area contributed by atoms with Crippen molar-refractivity contribution in [2.24, 2.45) is 0 Å². The van der Waals surface area contributed by atoms with Gasteiger partial charge in [-0.15, -0.1) is 0 Å². The first-order valence-electron chi connectivity index (χ1n) is 5.73. The van der Waals surface area contributed by atoms with Crippen molar-refractivity contribution >= 4 is 0 Å². The fourth-order valence-corrected chi connectivity index (χ4v) is 1.32. The minimum Gasteiger partial charge on any atom is -0.390 e. The Morgan fingerprint density at radius 3 is 1.40 bits per heavy atom. The lowest BCUT2D eigenvalue weighted by Gasteiger charge is -2.17. The summed E-state index contributed by atoms with van der Waals surface area (Å²) >= 11 is 0. The average Bonchev–Trinajstić information content (AvgIpc) is 1.98. The van der Waals surface area contributed by atoms with E-state index in [1.165, 1.54) is 0 Å². The summed E-state index contributed by atoms with van der Waals surface area (Å²) in [4.78, 5) is 0. The van der Waals surface area contributed by atoms with Crippen molar-refractivity contribution in [3.05, 3.63) is 0 Å². The molecule has 0 aromatic carbocycles. The van der Waals surface area contributed by atoms with Gasteiger partial charge in [-0.2, -0.15) is 0 Å². The molecule has 0 aliphatic carbocycles. The van der Waals surface area contributed by atoms with Gasteiger partial charge < -0.3 is 14.9 Å². The molecule has 0 saturated heterocycles. The van der Waals surface area contributed by atoms with Crippen molar-refractivity contribution in [2.75, 3.05) is 13.2 Å². The predicted octanol–water partition coefficient (Wildman–Crippen LogP) is 2.11. The van der Waals surface area contributed by atoms with Crippen LogP contribution in [-0.4, -0.2) is 34.6 Å². The molecule has 0 aliphatic heterocycles. The van der Waals surface area contributed by atoms with Crippen LogP contribution in [0.5, 0.6) is 0 Å². The lowest BCUT2D eigenvalue weighted by Crippen LogP contribution is -2.20. The summed E-state index contributed by atoms with van der Waals surface area (Å²) in [5, 5.41) is 18.9. The molecule has 0 radical (unpaired) electrons. The Hall–Kier alpha value is -0.120. The topological polar surface area (TPSA) is 49.7 Å². The molecule has 0 amide bonds. The molecular formula is C12H26O3. The lowest BCUT2D eigenvalue weighted by molar-refractivity contribution is 0.0398. The van der Waals surface area contributed by atoms with E-state index < -0.39 is 11.2 Å².